The van der Waals surface area contributed by atoms with Crippen molar-refractivity contribution in [2.24, 2.45) is 5.73 Å². The van der Waals surface area contributed by atoms with Gasteiger partial charge in [-0.1, -0.05) is 36.4 Å². The van der Waals surface area contributed by atoms with Crippen LogP contribution in [0.2, 0.25) is 0 Å². The summed E-state index contributed by atoms with van der Waals surface area (Å²) in [5.74, 6) is 0.893. The monoisotopic (exact) mass is 335 g/mol. The van der Waals surface area contributed by atoms with Gasteiger partial charge in [0, 0.05) is 36.8 Å². The van der Waals surface area contributed by atoms with Crippen LogP contribution in [0.4, 0.5) is 11.4 Å². The number of rotatable bonds is 4. The second kappa shape index (κ2) is 6.89. The Kier molecular flexibility index (Phi) is 4.45. The van der Waals surface area contributed by atoms with Crippen molar-refractivity contribution < 1.29 is 4.79 Å². The zero-order valence-electron chi connectivity index (χ0n) is 14.4. The Morgan fingerprint density at radius 2 is 1.84 bits per heavy atom. The number of nitrogens with two attached hydrogens (primary N) is 1. The van der Waals surface area contributed by atoms with Crippen molar-refractivity contribution in [1.82, 2.24) is 0 Å². The number of hydrogen-bond acceptors (Lipinski definition) is 3. The molecule has 0 bridgehead atoms. The van der Waals surface area contributed by atoms with Crippen molar-refractivity contribution in [3.63, 3.8) is 0 Å². The lowest BCUT2D eigenvalue weighted by atomic mass is 9.88. The third-order valence-electron chi connectivity index (χ3n) is 5.52. The number of para-hydroxylation sites is 2. The Morgan fingerprint density at radius 3 is 2.68 bits per heavy atom. The Labute approximate surface area is 149 Å². The van der Waals surface area contributed by atoms with E-state index in [1.807, 2.05) is 17.0 Å². The van der Waals surface area contributed by atoms with Crippen LogP contribution in [0.25, 0.3) is 0 Å². The van der Waals surface area contributed by atoms with Gasteiger partial charge in [0.05, 0.1) is 0 Å². The molecule has 0 radical (unpaired) electrons. The lowest BCUT2D eigenvalue weighted by Gasteiger charge is -2.28. The second-order valence-electron chi connectivity index (χ2n) is 7.04. The first-order valence-electron chi connectivity index (χ1n) is 9.20. The van der Waals surface area contributed by atoms with E-state index in [0.29, 0.717) is 24.8 Å². The first-order chi connectivity index (χ1) is 12.3. The fourth-order valence-electron chi connectivity index (χ4n) is 4.26. The molecule has 0 aliphatic carbocycles. The summed E-state index contributed by atoms with van der Waals surface area (Å²) < 4.78 is 0. The molecule has 0 saturated carbocycles. The molecule has 2 unspecified atom stereocenters. The fraction of sp³-hybridized carbons (Fsp3) is 0.381. The van der Waals surface area contributed by atoms with Gasteiger partial charge in [0.15, 0.2) is 0 Å². The van der Waals surface area contributed by atoms with Crippen LogP contribution in [0.15, 0.2) is 48.5 Å². The van der Waals surface area contributed by atoms with Crippen LogP contribution in [-0.2, 0) is 4.79 Å². The molecule has 2 aromatic carbocycles. The average molecular weight is 335 g/mol. The van der Waals surface area contributed by atoms with Gasteiger partial charge in [-0.05, 0) is 48.6 Å². The molecule has 2 aliphatic rings. The number of carbonyl (C=O) groups is 1. The van der Waals surface area contributed by atoms with Crippen LogP contribution in [-0.4, -0.2) is 25.5 Å². The Balaban J connectivity index is 1.55. The van der Waals surface area contributed by atoms with Crippen molar-refractivity contribution in [3.05, 3.63) is 59.7 Å². The summed E-state index contributed by atoms with van der Waals surface area (Å²) in [6.07, 6.45) is 2.50. The zero-order valence-corrected chi connectivity index (χ0v) is 14.4. The fourth-order valence-corrected chi connectivity index (χ4v) is 4.26. The first-order valence-corrected chi connectivity index (χ1v) is 9.20. The highest BCUT2D eigenvalue weighted by atomic mass is 16.2. The summed E-state index contributed by atoms with van der Waals surface area (Å²) in [5, 5.41) is 3.44. The van der Waals surface area contributed by atoms with Gasteiger partial charge in [-0.3, -0.25) is 4.79 Å². The van der Waals surface area contributed by atoms with E-state index in [0.717, 1.165) is 31.6 Å². The summed E-state index contributed by atoms with van der Waals surface area (Å²) in [7, 11) is 0. The number of benzene rings is 2. The van der Waals surface area contributed by atoms with E-state index in [-0.39, 0.29) is 5.91 Å². The normalized spacial score (nSPS) is 21.4. The molecule has 1 amide bonds. The van der Waals surface area contributed by atoms with Crippen molar-refractivity contribution in [3.8, 4) is 0 Å². The minimum atomic E-state index is 0.230. The van der Waals surface area contributed by atoms with Crippen molar-refractivity contribution in [2.75, 3.05) is 29.9 Å². The molecule has 25 heavy (non-hydrogen) atoms. The molecule has 4 heteroatoms. The van der Waals surface area contributed by atoms with E-state index in [1.54, 1.807) is 0 Å². The minimum absolute atomic E-state index is 0.230. The lowest BCUT2D eigenvalue weighted by Crippen LogP contribution is -2.32. The third-order valence-corrected chi connectivity index (χ3v) is 5.52. The maximum absolute atomic E-state index is 13.1. The largest absolute Gasteiger partial charge is 0.385 e. The summed E-state index contributed by atoms with van der Waals surface area (Å²) >= 11 is 0. The highest BCUT2D eigenvalue weighted by Gasteiger charge is 2.33. The first kappa shape index (κ1) is 16.2. The maximum atomic E-state index is 13.1. The van der Waals surface area contributed by atoms with Crippen molar-refractivity contribution >= 4 is 17.3 Å². The van der Waals surface area contributed by atoms with E-state index in [9.17, 15) is 4.79 Å². The van der Waals surface area contributed by atoms with Crippen LogP contribution in [0.5, 0.6) is 0 Å². The van der Waals surface area contributed by atoms with E-state index in [2.05, 4.69) is 41.7 Å². The molecule has 4 nitrogen and oxygen atoms in total. The number of anilines is 2. The number of fused-ring (bicyclic) bond motifs is 2. The minimum Gasteiger partial charge on any atom is -0.385 e. The standard InChI is InChI=1S/C21H25N3O/c22-11-9-16-14-24(20-8-4-2-6-18(16)20)21(25)13-15-10-12-23-19-7-3-1-5-17(15)19/h1-8,15-16,23H,9-14,22H2. The number of amides is 1. The van der Waals surface area contributed by atoms with Crippen LogP contribution in [0, 0.1) is 0 Å². The smallest absolute Gasteiger partial charge is 0.227 e. The molecule has 0 aromatic heterocycles. The van der Waals surface area contributed by atoms with Crippen LogP contribution in [0.3, 0.4) is 0 Å². The maximum Gasteiger partial charge on any atom is 0.227 e. The molecule has 0 saturated heterocycles. The molecule has 0 fully saturated rings. The molecule has 3 N–H and O–H groups in total. The molecule has 2 aromatic rings. The molecule has 130 valence electrons. The molecule has 0 spiro atoms. The van der Waals surface area contributed by atoms with Crippen LogP contribution >= 0.6 is 0 Å². The van der Waals surface area contributed by atoms with E-state index in [1.165, 1.54) is 16.8 Å². The van der Waals surface area contributed by atoms with Gasteiger partial charge in [0.1, 0.15) is 0 Å². The summed E-state index contributed by atoms with van der Waals surface area (Å²) in [6, 6.07) is 16.6. The molecule has 2 atom stereocenters. The molecule has 2 heterocycles. The number of carbonyl (C=O) groups excluding carboxylic acids is 1. The van der Waals surface area contributed by atoms with Gasteiger partial charge in [0.2, 0.25) is 5.91 Å². The number of nitrogens with zero attached hydrogens (tertiary/aromatic N) is 1. The van der Waals surface area contributed by atoms with Crippen molar-refractivity contribution in [1.29, 1.82) is 0 Å². The summed E-state index contributed by atoms with van der Waals surface area (Å²) in [6.45, 7) is 2.35. The van der Waals surface area contributed by atoms with Gasteiger partial charge in [0.25, 0.3) is 0 Å². The van der Waals surface area contributed by atoms with E-state index in [4.69, 9.17) is 5.73 Å². The predicted molar refractivity (Wildman–Crippen MR) is 102 cm³/mol. The highest BCUT2D eigenvalue weighted by Crippen LogP contribution is 2.40. The molecule has 2 aliphatic heterocycles. The second-order valence-corrected chi connectivity index (χ2v) is 7.04. The highest BCUT2D eigenvalue weighted by molar-refractivity contribution is 5.96. The average Bonchev–Trinajstić information content (AvgIpc) is 3.01. The Morgan fingerprint density at radius 1 is 1.08 bits per heavy atom. The summed E-state index contributed by atoms with van der Waals surface area (Å²) in [5.41, 5.74) is 10.6. The summed E-state index contributed by atoms with van der Waals surface area (Å²) in [4.78, 5) is 15.1. The molecule has 4 rings (SSSR count). The van der Waals surface area contributed by atoms with E-state index >= 15 is 0 Å². The van der Waals surface area contributed by atoms with Crippen LogP contribution in [0.1, 0.15) is 42.2 Å². The number of hydrogen-bond donors (Lipinski definition) is 2. The molecular formula is C21H25N3O. The predicted octanol–water partition coefficient (Wildman–Crippen LogP) is 3.46. The van der Waals surface area contributed by atoms with Gasteiger partial charge < -0.3 is 16.0 Å². The topological polar surface area (TPSA) is 58.4 Å². The Bertz CT molecular complexity index is 773. The van der Waals surface area contributed by atoms with Gasteiger partial charge in [-0.15, -0.1) is 0 Å². The van der Waals surface area contributed by atoms with Gasteiger partial charge >= 0.3 is 0 Å². The van der Waals surface area contributed by atoms with E-state index < -0.39 is 0 Å². The van der Waals surface area contributed by atoms with Gasteiger partial charge in [-0.25, -0.2) is 0 Å². The Hall–Kier alpha value is -2.33. The molecular weight excluding hydrogens is 310 g/mol. The lowest BCUT2D eigenvalue weighted by molar-refractivity contribution is -0.119. The number of nitrogens with one attached hydrogen (secondary N) is 1. The SMILES string of the molecule is NCCC1CN(C(=O)CC2CCNc3ccccc32)c2ccccc21. The van der Waals surface area contributed by atoms with Crippen LogP contribution < -0.4 is 16.0 Å². The zero-order chi connectivity index (χ0) is 17.2. The van der Waals surface area contributed by atoms with Crippen molar-refractivity contribution in [2.45, 2.75) is 31.1 Å². The van der Waals surface area contributed by atoms with Gasteiger partial charge in [-0.2, -0.15) is 0 Å². The quantitative estimate of drug-likeness (QED) is 0.900. The third kappa shape index (κ3) is 3.02.